The summed E-state index contributed by atoms with van der Waals surface area (Å²) in [4.78, 5) is 13.4. The molecule has 0 rings (SSSR count). The third-order valence-electron chi connectivity index (χ3n) is 2.51. The van der Waals surface area contributed by atoms with Crippen molar-refractivity contribution in [2.75, 3.05) is 38.6 Å². The van der Waals surface area contributed by atoms with Gasteiger partial charge in [0.25, 0.3) is 10.1 Å². The molecule has 0 atom stereocenters. The summed E-state index contributed by atoms with van der Waals surface area (Å²) in [5.41, 5.74) is -1.07. The quantitative estimate of drug-likeness (QED) is 0.359. The molecule has 0 aliphatic rings. The average molecular weight is 312 g/mol. The van der Waals surface area contributed by atoms with Crippen LogP contribution in [0.2, 0.25) is 0 Å². The molecule has 0 radical (unpaired) electrons. The van der Waals surface area contributed by atoms with Crippen LogP contribution in [0.4, 0.5) is 0 Å². The van der Waals surface area contributed by atoms with Gasteiger partial charge in [-0.25, -0.2) is 0 Å². The Balaban J connectivity index is 4.27. The second-order valence-electron chi connectivity index (χ2n) is 5.20. The minimum atomic E-state index is -4.17. The van der Waals surface area contributed by atoms with Gasteiger partial charge < -0.3 is 15.5 Å². The summed E-state index contributed by atoms with van der Waals surface area (Å²) in [6.45, 7) is 3.89. The van der Waals surface area contributed by atoms with Crippen LogP contribution in [0.15, 0.2) is 0 Å². The molecule has 8 nitrogen and oxygen atoms in total. The maximum absolute atomic E-state index is 11.7. The first kappa shape index (κ1) is 19.3. The van der Waals surface area contributed by atoms with Crippen LogP contribution in [0.25, 0.3) is 0 Å². The molecular formula is C11H24N2O6S. The van der Waals surface area contributed by atoms with Crippen LogP contribution in [-0.4, -0.2) is 78.1 Å². The van der Waals surface area contributed by atoms with E-state index < -0.39 is 21.4 Å². The smallest absolute Gasteiger partial charge is 0.267 e. The highest BCUT2D eigenvalue weighted by Crippen LogP contribution is 2.06. The molecule has 0 bridgehead atoms. The van der Waals surface area contributed by atoms with E-state index in [1.165, 1.54) is 13.8 Å². The standard InChI is InChI=1S/C11H24N2O6S/c1-11(2,9-20(17,18)19)12-10(16)3-4-13(5-7-14)6-8-15/h14-15H,3-9H2,1-2H3,(H,12,16)(H,17,18,19). The molecule has 20 heavy (non-hydrogen) atoms. The number of rotatable bonds is 10. The van der Waals surface area contributed by atoms with E-state index in [0.717, 1.165) is 0 Å². The highest BCUT2D eigenvalue weighted by molar-refractivity contribution is 7.85. The van der Waals surface area contributed by atoms with Crippen LogP contribution in [0.5, 0.6) is 0 Å². The summed E-state index contributed by atoms with van der Waals surface area (Å²) in [5.74, 6) is -0.928. The molecule has 0 heterocycles. The summed E-state index contributed by atoms with van der Waals surface area (Å²) < 4.78 is 30.4. The van der Waals surface area contributed by atoms with Crippen LogP contribution in [-0.2, 0) is 14.9 Å². The van der Waals surface area contributed by atoms with Crippen molar-refractivity contribution in [2.24, 2.45) is 0 Å². The molecule has 0 aliphatic heterocycles. The number of nitrogens with one attached hydrogen (secondary N) is 1. The second kappa shape index (κ2) is 8.53. The SMILES string of the molecule is CC(C)(CS(=O)(=O)O)NC(=O)CCN(CCO)CCO. The minimum absolute atomic E-state index is 0.0735. The van der Waals surface area contributed by atoms with E-state index >= 15 is 0 Å². The van der Waals surface area contributed by atoms with Crippen molar-refractivity contribution in [1.29, 1.82) is 0 Å². The normalized spacial score (nSPS) is 12.7. The van der Waals surface area contributed by atoms with Crippen LogP contribution >= 0.6 is 0 Å². The zero-order chi connectivity index (χ0) is 15.8. The zero-order valence-corrected chi connectivity index (χ0v) is 12.7. The number of aliphatic hydroxyl groups is 2. The highest BCUT2D eigenvalue weighted by Gasteiger charge is 2.26. The molecular weight excluding hydrogens is 288 g/mol. The van der Waals surface area contributed by atoms with Gasteiger partial charge in [0.1, 0.15) is 0 Å². The number of carbonyl (C=O) groups is 1. The Kier molecular flexibility index (Phi) is 8.21. The molecule has 0 spiro atoms. The number of aliphatic hydroxyl groups excluding tert-OH is 2. The summed E-state index contributed by atoms with van der Waals surface area (Å²) in [5, 5.41) is 20.2. The summed E-state index contributed by atoms with van der Waals surface area (Å²) in [6.07, 6.45) is 0.106. The lowest BCUT2D eigenvalue weighted by Crippen LogP contribution is -2.49. The number of carbonyl (C=O) groups excluding carboxylic acids is 1. The van der Waals surface area contributed by atoms with Crippen molar-refractivity contribution in [3.8, 4) is 0 Å². The van der Waals surface area contributed by atoms with Gasteiger partial charge in [-0.15, -0.1) is 0 Å². The maximum atomic E-state index is 11.7. The summed E-state index contributed by atoms with van der Waals surface area (Å²) >= 11 is 0. The largest absolute Gasteiger partial charge is 0.395 e. The van der Waals surface area contributed by atoms with Gasteiger partial charge in [0.15, 0.2) is 0 Å². The van der Waals surface area contributed by atoms with Gasteiger partial charge in [-0.3, -0.25) is 14.2 Å². The van der Waals surface area contributed by atoms with Crippen molar-refractivity contribution >= 4 is 16.0 Å². The van der Waals surface area contributed by atoms with E-state index in [1.807, 2.05) is 0 Å². The molecule has 0 aromatic carbocycles. The van der Waals surface area contributed by atoms with Crippen LogP contribution in [0.1, 0.15) is 20.3 Å². The predicted molar refractivity (Wildman–Crippen MR) is 73.9 cm³/mol. The Labute approximate surface area is 119 Å². The maximum Gasteiger partial charge on any atom is 0.267 e. The van der Waals surface area contributed by atoms with Gasteiger partial charge in [-0.05, 0) is 13.8 Å². The van der Waals surface area contributed by atoms with Gasteiger partial charge >= 0.3 is 0 Å². The Bertz CT molecular complexity index is 390. The van der Waals surface area contributed by atoms with Crippen molar-refractivity contribution in [2.45, 2.75) is 25.8 Å². The van der Waals surface area contributed by atoms with E-state index in [-0.39, 0.29) is 25.5 Å². The van der Waals surface area contributed by atoms with Gasteiger partial charge in [0, 0.05) is 26.1 Å². The van der Waals surface area contributed by atoms with E-state index in [9.17, 15) is 13.2 Å². The molecule has 4 N–H and O–H groups in total. The lowest BCUT2D eigenvalue weighted by Gasteiger charge is -2.26. The van der Waals surface area contributed by atoms with E-state index in [0.29, 0.717) is 19.6 Å². The van der Waals surface area contributed by atoms with Gasteiger partial charge in [-0.2, -0.15) is 8.42 Å². The molecule has 0 saturated carbocycles. The monoisotopic (exact) mass is 312 g/mol. The van der Waals surface area contributed by atoms with Crippen molar-refractivity contribution < 1.29 is 28.0 Å². The Morgan fingerprint density at radius 1 is 1.15 bits per heavy atom. The first-order valence-electron chi connectivity index (χ1n) is 6.30. The first-order valence-corrected chi connectivity index (χ1v) is 7.91. The van der Waals surface area contributed by atoms with E-state index in [1.54, 1.807) is 4.90 Å². The van der Waals surface area contributed by atoms with Crippen molar-refractivity contribution in [3.05, 3.63) is 0 Å². The Morgan fingerprint density at radius 3 is 2.05 bits per heavy atom. The molecule has 1 amide bonds. The fourth-order valence-corrected chi connectivity index (χ4v) is 2.79. The van der Waals surface area contributed by atoms with Crippen molar-refractivity contribution in [1.82, 2.24) is 10.2 Å². The van der Waals surface area contributed by atoms with Crippen LogP contribution in [0, 0.1) is 0 Å². The van der Waals surface area contributed by atoms with Crippen LogP contribution in [0.3, 0.4) is 0 Å². The average Bonchev–Trinajstić information content (AvgIpc) is 2.22. The zero-order valence-electron chi connectivity index (χ0n) is 11.9. The minimum Gasteiger partial charge on any atom is -0.395 e. The lowest BCUT2D eigenvalue weighted by atomic mass is 10.1. The highest BCUT2D eigenvalue weighted by atomic mass is 32.2. The molecule has 0 saturated heterocycles. The topological polar surface area (TPSA) is 127 Å². The number of nitrogens with zero attached hydrogens (tertiary/aromatic N) is 1. The van der Waals surface area contributed by atoms with Gasteiger partial charge in [0.05, 0.1) is 24.5 Å². The third-order valence-corrected chi connectivity index (χ3v) is 3.60. The third kappa shape index (κ3) is 10.1. The van der Waals surface area contributed by atoms with Crippen LogP contribution < -0.4 is 5.32 Å². The molecule has 9 heteroatoms. The molecule has 0 unspecified atom stereocenters. The van der Waals surface area contributed by atoms with Gasteiger partial charge in [-0.1, -0.05) is 0 Å². The predicted octanol–water partition coefficient (Wildman–Crippen LogP) is -1.55. The number of hydrogen-bond donors (Lipinski definition) is 4. The van der Waals surface area contributed by atoms with E-state index in [4.69, 9.17) is 14.8 Å². The fourth-order valence-electron chi connectivity index (χ4n) is 1.81. The van der Waals surface area contributed by atoms with E-state index in [2.05, 4.69) is 5.32 Å². The van der Waals surface area contributed by atoms with Crippen molar-refractivity contribution in [3.63, 3.8) is 0 Å². The number of amides is 1. The molecule has 120 valence electrons. The molecule has 0 fully saturated rings. The summed E-state index contributed by atoms with van der Waals surface area (Å²) in [7, 11) is -4.17. The summed E-state index contributed by atoms with van der Waals surface area (Å²) in [6, 6.07) is 0. The first-order chi connectivity index (χ1) is 9.09. The fraction of sp³-hybridized carbons (Fsp3) is 0.909. The second-order valence-corrected chi connectivity index (χ2v) is 6.65. The van der Waals surface area contributed by atoms with Gasteiger partial charge in [0.2, 0.25) is 5.91 Å². The number of hydrogen-bond acceptors (Lipinski definition) is 6. The Hall–Kier alpha value is -0.740. The molecule has 0 aliphatic carbocycles. The lowest BCUT2D eigenvalue weighted by molar-refractivity contribution is -0.122. The molecule has 0 aromatic rings. The Morgan fingerprint density at radius 2 is 1.65 bits per heavy atom. The molecule has 0 aromatic heterocycles.